The molecule has 0 aliphatic rings. The van der Waals surface area contributed by atoms with Crippen molar-refractivity contribution in [3.63, 3.8) is 0 Å². The van der Waals surface area contributed by atoms with Crippen molar-refractivity contribution < 1.29 is 9.90 Å². The summed E-state index contributed by atoms with van der Waals surface area (Å²) >= 11 is 5.91. The van der Waals surface area contributed by atoms with Crippen LogP contribution in [0.2, 0.25) is 5.02 Å². The Kier molecular flexibility index (Phi) is 4.13. The maximum Gasteiger partial charge on any atom is 0.336 e. The van der Waals surface area contributed by atoms with Crippen LogP contribution in [0.15, 0.2) is 54.7 Å². The van der Waals surface area contributed by atoms with Crippen LogP contribution in [0.3, 0.4) is 0 Å². The van der Waals surface area contributed by atoms with E-state index in [4.69, 9.17) is 11.6 Å². The van der Waals surface area contributed by atoms with Gasteiger partial charge in [0, 0.05) is 16.6 Å². The topological polar surface area (TPSA) is 50.2 Å². The Bertz CT molecular complexity index is 914. The maximum atomic E-state index is 11.3. The van der Waals surface area contributed by atoms with Crippen molar-refractivity contribution in [3.05, 3.63) is 76.4 Å². The molecule has 1 N–H and O–H groups in total. The van der Waals surface area contributed by atoms with Gasteiger partial charge in [-0.05, 0) is 54.0 Å². The summed E-state index contributed by atoms with van der Waals surface area (Å²) in [7, 11) is 0. The van der Waals surface area contributed by atoms with Gasteiger partial charge in [-0.1, -0.05) is 35.9 Å². The zero-order valence-electron chi connectivity index (χ0n) is 12.5. The number of carbonyl (C=O) groups is 1. The fourth-order valence-electron chi connectivity index (χ4n) is 2.49. The number of carboxylic acids is 1. The number of nitrogens with zero attached hydrogens (tertiary/aromatic N) is 1. The molecule has 23 heavy (non-hydrogen) atoms. The van der Waals surface area contributed by atoms with E-state index in [1.165, 1.54) is 12.3 Å². The minimum atomic E-state index is -0.951. The number of hydrogen-bond donors (Lipinski definition) is 1. The molecule has 0 unspecified atom stereocenters. The van der Waals surface area contributed by atoms with Gasteiger partial charge in [-0.3, -0.25) is 4.98 Å². The van der Waals surface area contributed by atoms with Gasteiger partial charge < -0.3 is 5.11 Å². The molecule has 0 fully saturated rings. The molecule has 1 heterocycles. The molecule has 0 radical (unpaired) electrons. The molecule has 0 spiro atoms. The lowest BCUT2D eigenvalue weighted by atomic mass is 10.0. The van der Waals surface area contributed by atoms with Gasteiger partial charge >= 0.3 is 5.97 Å². The fraction of sp³-hybridized carbons (Fsp3) is 0.0526. The predicted octanol–water partition coefficient (Wildman–Crippen LogP) is 5.15. The average molecular weight is 324 g/mol. The normalized spacial score (nSPS) is 11.7. The lowest BCUT2D eigenvalue weighted by Gasteiger charge is -2.05. The highest BCUT2D eigenvalue weighted by molar-refractivity contribution is 6.30. The van der Waals surface area contributed by atoms with E-state index in [9.17, 15) is 9.90 Å². The van der Waals surface area contributed by atoms with E-state index in [1.807, 2.05) is 55.5 Å². The highest BCUT2D eigenvalue weighted by Crippen LogP contribution is 2.23. The van der Waals surface area contributed by atoms with Gasteiger partial charge in [0.25, 0.3) is 0 Å². The van der Waals surface area contributed by atoms with Crippen molar-refractivity contribution in [3.8, 4) is 0 Å². The Labute approximate surface area is 138 Å². The van der Waals surface area contributed by atoms with Crippen LogP contribution in [0.4, 0.5) is 0 Å². The smallest absolute Gasteiger partial charge is 0.336 e. The summed E-state index contributed by atoms with van der Waals surface area (Å²) < 4.78 is 0. The number of carboxylic acid groups (broad SMARTS) is 1. The van der Waals surface area contributed by atoms with E-state index in [2.05, 4.69) is 4.98 Å². The van der Waals surface area contributed by atoms with Crippen LogP contribution in [0.1, 0.15) is 28.4 Å². The summed E-state index contributed by atoms with van der Waals surface area (Å²) in [5.41, 5.74) is 4.00. The summed E-state index contributed by atoms with van der Waals surface area (Å²) in [6.45, 7) is 2.01. The number of rotatable bonds is 3. The molecule has 0 atom stereocenters. The van der Waals surface area contributed by atoms with Crippen molar-refractivity contribution in [2.24, 2.45) is 0 Å². The molecular formula is C19H14ClNO2. The quantitative estimate of drug-likeness (QED) is 0.678. The molecule has 0 bridgehead atoms. The van der Waals surface area contributed by atoms with E-state index >= 15 is 0 Å². The third kappa shape index (κ3) is 3.25. The second-order valence-corrected chi connectivity index (χ2v) is 5.71. The zero-order valence-corrected chi connectivity index (χ0v) is 13.2. The van der Waals surface area contributed by atoms with Crippen LogP contribution >= 0.6 is 11.6 Å². The molecule has 0 aliphatic carbocycles. The molecule has 2 aromatic carbocycles. The molecule has 0 amide bonds. The van der Waals surface area contributed by atoms with E-state index < -0.39 is 5.97 Å². The molecule has 3 aromatic rings. The Morgan fingerprint density at radius 1 is 1.13 bits per heavy atom. The first-order chi connectivity index (χ1) is 11.0. The van der Waals surface area contributed by atoms with Crippen LogP contribution in [-0.2, 0) is 0 Å². The first-order valence-electron chi connectivity index (χ1n) is 7.11. The van der Waals surface area contributed by atoms with E-state index in [0.717, 1.165) is 16.7 Å². The number of hydrogen-bond acceptors (Lipinski definition) is 2. The molecular weight excluding hydrogens is 310 g/mol. The lowest BCUT2D eigenvalue weighted by molar-refractivity contribution is 0.0699. The van der Waals surface area contributed by atoms with Gasteiger partial charge in [0.1, 0.15) is 0 Å². The second-order valence-electron chi connectivity index (χ2n) is 5.27. The number of fused-ring (bicyclic) bond motifs is 1. The highest BCUT2D eigenvalue weighted by atomic mass is 35.5. The van der Waals surface area contributed by atoms with Crippen LogP contribution < -0.4 is 0 Å². The van der Waals surface area contributed by atoms with Crippen LogP contribution in [0.5, 0.6) is 0 Å². The monoisotopic (exact) mass is 323 g/mol. The Morgan fingerprint density at radius 3 is 2.57 bits per heavy atom. The number of allylic oxidation sites excluding steroid dienone is 1. The Morgan fingerprint density at radius 2 is 1.87 bits per heavy atom. The van der Waals surface area contributed by atoms with Crippen molar-refractivity contribution >= 4 is 40.1 Å². The van der Waals surface area contributed by atoms with Gasteiger partial charge in [0.2, 0.25) is 0 Å². The lowest BCUT2D eigenvalue weighted by Crippen LogP contribution is -1.98. The number of pyridine rings is 1. The van der Waals surface area contributed by atoms with Gasteiger partial charge in [0.15, 0.2) is 0 Å². The third-order valence-corrected chi connectivity index (χ3v) is 3.93. The van der Waals surface area contributed by atoms with E-state index in [-0.39, 0.29) is 5.56 Å². The fourth-order valence-corrected chi connectivity index (χ4v) is 2.61. The third-order valence-electron chi connectivity index (χ3n) is 3.68. The summed E-state index contributed by atoms with van der Waals surface area (Å²) in [6.07, 6.45) is 3.53. The molecule has 3 nitrogen and oxygen atoms in total. The molecule has 4 heteroatoms. The first kappa shape index (κ1) is 15.3. The van der Waals surface area contributed by atoms with Crippen molar-refractivity contribution in [1.82, 2.24) is 4.98 Å². The minimum Gasteiger partial charge on any atom is -0.478 e. The van der Waals surface area contributed by atoms with Crippen molar-refractivity contribution in [2.75, 3.05) is 0 Å². The van der Waals surface area contributed by atoms with E-state index in [1.54, 1.807) is 0 Å². The largest absolute Gasteiger partial charge is 0.478 e. The second kappa shape index (κ2) is 6.23. The average Bonchev–Trinajstić information content (AvgIpc) is 2.54. The van der Waals surface area contributed by atoms with Crippen LogP contribution in [0.25, 0.3) is 22.6 Å². The van der Waals surface area contributed by atoms with Gasteiger partial charge in [-0.25, -0.2) is 4.79 Å². The van der Waals surface area contributed by atoms with Gasteiger partial charge in [-0.2, -0.15) is 0 Å². The summed E-state index contributed by atoms with van der Waals surface area (Å²) in [5, 5.41) is 10.6. The summed E-state index contributed by atoms with van der Waals surface area (Å²) in [6, 6.07) is 14.7. The highest BCUT2D eigenvalue weighted by Gasteiger charge is 2.09. The summed E-state index contributed by atoms with van der Waals surface area (Å²) in [5.74, 6) is -0.951. The molecule has 0 aliphatic heterocycles. The zero-order chi connectivity index (χ0) is 16.4. The van der Waals surface area contributed by atoms with Gasteiger partial charge in [-0.15, -0.1) is 0 Å². The van der Waals surface area contributed by atoms with Crippen LogP contribution in [0, 0.1) is 0 Å². The molecule has 114 valence electrons. The number of aromatic carboxylic acids is 1. The molecule has 0 saturated heterocycles. The Hall–Kier alpha value is -2.65. The number of aromatic nitrogens is 1. The molecule has 3 rings (SSSR count). The van der Waals surface area contributed by atoms with Crippen molar-refractivity contribution in [1.29, 1.82) is 0 Å². The minimum absolute atomic E-state index is 0.259. The van der Waals surface area contributed by atoms with Gasteiger partial charge in [0.05, 0.1) is 11.1 Å². The van der Waals surface area contributed by atoms with E-state index in [0.29, 0.717) is 15.9 Å². The molecule has 0 saturated carbocycles. The number of benzene rings is 2. The maximum absolute atomic E-state index is 11.3. The first-order valence-corrected chi connectivity index (χ1v) is 7.49. The van der Waals surface area contributed by atoms with Crippen molar-refractivity contribution in [2.45, 2.75) is 6.92 Å². The van der Waals surface area contributed by atoms with Crippen LogP contribution in [-0.4, -0.2) is 16.1 Å². The number of halogens is 1. The predicted molar refractivity (Wildman–Crippen MR) is 93.7 cm³/mol. The molecule has 1 aromatic heterocycles. The summed E-state index contributed by atoms with van der Waals surface area (Å²) in [4.78, 5) is 15.6. The SMILES string of the molecule is CC(=Cc1ccc2nccc(C(=O)O)c2c1)c1ccc(Cl)cc1. The Balaban J connectivity index is 2.06. The standard InChI is InChI=1S/C19H14ClNO2/c1-12(14-3-5-15(20)6-4-14)10-13-2-7-18-17(11-13)16(19(22)23)8-9-21-18/h2-11H,1H3,(H,22,23).